The van der Waals surface area contributed by atoms with Crippen LogP contribution in [-0.2, 0) is 29.2 Å². The van der Waals surface area contributed by atoms with E-state index in [-0.39, 0.29) is 11.8 Å². The monoisotopic (exact) mass is 473 g/mol. The molecule has 4 heterocycles. The first-order chi connectivity index (χ1) is 17.7. The first-order valence-electron chi connectivity index (χ1n) is 12.2. The zero-order valence-electron chi connectivity index (χ0n) is 19.5. The van der Waals surface area contributed by atoms with Crippen LogP contribution in [0.15, 0.2) is 79.1 Å². The third-order valence-electron chi connectivity index (χ3n) is 7.20. The van der Waals surface area contributed by atoms with Crippen molar-refractivity contribution in [2.45, 2.75) is 26.0 Å². The molecule has 0 atom stereocenters. The fourth-order valence-corrected chi connectivity index (χ4v) is 5.57. The van der Waals surface area contributed by atoms with Crippen LogP contribution in [0.4, 0.5) is 0 Å². The van der Waals surface area contributed by atoms with E-state index in [1.807, 2.05) is 73.1 Å². The molecule has 0 bridgehead atoms. The van der Waals surface area contributed by atoms with Gasteiger partial charge in [-0.25, -0.2) is 0 Å². The largest absolute Gasteiger partial charge is 0.489 e. The van der Waals surface area contributed by atoms with Crippen LogP contribution < -0.4 is 10.1 Å². The van der Waals surface area contributed by atoms with Crippen molar-refractivity contribution < 1.29 is 14.3 Å². The fraction of sp³-hybridized carbons (Fsp3) is 0.133. The predicted molar refractivity (Wildman–Crippen MR) is 139 cm³/mol. The van der Waals surface area contributed by atoms with Crippen LogP contribution >= 0.6 is 0 Å². The maximum Gasteiger partial charge on any atom is 0.259 e. The van der Waals surface area contributed by atoms with Crippen LogP contribution in [0.2, 0.25) is 0 Å². The van der Waals surface area contributed by atoms with E-state index in [1.54, 1.807) is 0 Å². The number of para-hydroxylation sites is 1. The zero-order valence-corrected chi connectivity index (χ0v) is 19.5. The first kappa shape index (κ1) is 20.8. The zero-order chi connectivity index (χ0) is 24.2. The molecule has 0 saturated heterocycles. The van der Waals surface area contributed by atoms with Gasteiger partial charge in [0.25, 0.3) is 11.8 Å². The molecule has 0 unspecified atom stereocenters. The maximum absolute atomic E-state index is 13.1. The summed E-state index contributed by atoms with van der Waals surface area (Å²) in [4.78, 5) is 29.5. The number of carbonyl (C=O) groups is 2. The number of ether oxygens (including phenoxy) is 1. The highest BCUT2D eigenvalue weighted by molar-refractivity contribution is 6.50. The smallest absolute Gasteiger partial charge is 0.259 e. The van der Waals surface area contributed by atoms with Crippen LogP contribution in [0.25, 0.3) is 33.0 Å². The van der Waals surface area contributed by atoms with Gasteiger partial charge in [-0.1, -0.05) is 48.5 Å². The van der Waals surface area contributed by atoms with Crippen molar-refractivity contribution >= 4 is 44.8 Å². The van der Waals surface area contributed by atoms with Gasteiger partial charge in [0.1, 0.15) is 12.4 Å². The molecule has 36 heavy (non-hydrogen) atoms. The normalized spacial score (nSPS) is 15.2. The van der Waals surface area contributed by atoms with E-state index in [1.165, 1.54) is 5.56 Å². The van der Waals surface area contributed by atoms with Crippen molar-refractivity contribution in [2.24, 2.45) is 0 Å². The summed E-state index contributed by atoms with van der Waals surface area (Å²) in [7, 11) is 0. The number of aryl methyl sites for hydroxylation is 2. The molecule has 0 radical (unpaired) electrons. The number of imide groups is 1. The molecular weight excluding hydrogens is 450 g/mol. The number of hydrogen-bond acceptors (Lipinski definition) is 3. The SMILES string of the molecule is O=C1NC(=O)C(c2cn3c4c(cccc24)CCC3)=C1c1c[nH]c2cc(OCc3ccccc3)ccc12. The second-order valence-electron chi connectivity index (χ2n) is 9.37. The van der Waals surface area contributed by atoms with Gasteiger partial charge in [-0.3, -0.25) is 14.9 Å². The summed E-state index contributed by atoms with van der Waals surface area (Å²) in [6.07, 6.45) is 5.93. The van der Waals surface area contributed by atoms with Gasteiger partial charge in [0.2, 0.25) is 0 Å². The Hall–Kier alpha value is -4.58. The fourth-order valence-electron chi connectivity index (χ4n) is 5.57. The van der Waals surface area contributed by atoms with Gasteiger partial charge in [-0.05, 0) is 36.1 Å². The molecule has 2 aliphatic rings. The van der Waals surface area contributed by atoms with Crippen molar-refractivity contribution in [3.63, 3.8) is 0 Å². The predicted octanol–water partition coefficient (Wildman–Crippen LogP) is 5.22. The van der Waals surface area contributed by atoms with Crippen LogP contribution in [0, 0.1) is 0 Å². The van der Waals surface area contributed by atoms with E-state index in [4.69, 9.17) is 4.74 Å². The highest BCUT2D eigenvalue weighted by Crippen LogP contribution is 2.40. The van der Waals surface area contributed by atoms with Crippen molar-refractivity contribution in [1.29, 1.82) is 0 Å². The number of hydrogen-bond donors (Lipinski definition) is 2. The summed E-state index contributed by atoms with van der Waals surface area (Å²) < 4.78 is 8.19. The molecule has 2 N–H and O–H groups in total. The molecule has 0 fully saturated rings. The molecule has 3 aromatic carbocycles. The summed E-state index contributed by atoms with van der Waals surface area (Å²) in [6, 6.07) is 22.0. The average molecular weight is 474 g/mol. The molecule has 2 aliphatic heterocycles. The van der Waals surface area contributed by atoms with Crippen molar-refractivity contribution in [1.82, 2.24) is 14.9 Å². The summed E-state index contributed by atoms with van der Waals surface area (Å²) in [5.74, 6) is 0.0120. The van der Waals surface area contributed by atoms with Gasteiger partial charge in [0.15, 0.2) is 0 Å². The minimum absolute atomic E-state index is 0.351. The van der Waals surface area contributed by atoms with E-state index in [2.05, 4.69) is 20.9 Å². The topological polar surface area (TPSA) is 76.1 Å². The number of rotatable bonds is 5. The number of nitrogens with one attached hydrogen (secondary N) is 2. The number of benzene rings is 3. The maximum atomic E-state index is 13.1. The average Bonchev–Trinajstić information content (AvgIpc) is 3.57. The highest BCUT2D eigenvalue weighted by atomic mass is 16.5. The third kappa shape index (κ3) is 3.18. The number of aromatic amines is 1. The Morgan fingerprint density at radius 2 is 1.69 bits per heavy atom. The number of H-pyrrole nitrogens is 1. The second-order valence-corrected chi connectivity index (χ2v) is 9.37. The molecule has 176 valence electrons. The Balaban J connectivity index is 1.33. The number of fused-ring (bicyclic) bond motifs is 1. The lowest BCUT2D eigenvalue weighted by atomic mass is 9.94. The van der Waals surface area contributed by atoms with Gasteiger partial charge in [-0.15, -0.1) is 0 Å². The van der Waals surface area contributed by atoms with E-state index in [9.17, 15) is 9.59 Å². The summed E-state index contributed by atoms with van der Waals surface area (Å²) in [5.41, 5.74) is 6.75. The lowest BCUT2D eigenvalue weighted by Crippen LogP contribution is -2.22. The number of carbonyl (C=O) groups excluding carboxylic acids is 2. The summed E-state index contributed by atoms with van der Waals surface area (Å²) in [5, 5.41) is 4.42. The second kappa shape index (κ2) is 7.99. The Labute approximate surface area is 207 Å². The van der Waals surface area contributed by atoms with Crippen molar-refractivity contribution in [3.05, 3.63) is 101 Å². The molecule has 6 heteroatoms. The Morgan fingerprint density at radius 1 is 0.861 bits per heavy atom. The van der Waals surface area contributed by atoms with Crippen LogP contribution in [0.3, 0.4) is 0 Å². The van der Waals surface area contributed by atoms with Crippen LogP contribution in [0.5, 0.6) is 5.75 Å². The molecule has 2 aromatic heterocycles. The number of aromatic nitrogens is 2. The van der Waals surface area contributed by atoms with E-state index >= 15 is 0 Å². The molecule has 5 aromatic rings. The van der Waals surface area contributed by atoms with Gasteiger partial charge < -0.3 is 14.3 Å². The Morgan fingerprint density at radius 3 is 2.56 bits per heavy atom. The van der Waals surface area contributed by atoms with Crippen molar-refractivity contribution in [3.8, 4) is 5.75 Å². The van der Waals surface area contributed by atoms with Gasteiger partial charge in [0, 0.05) is 52.4 Å². The Kier molecular flexibility index (Phi) is 4.61. The minimum Gasteiger partial charge on any atom is -0.489 e. The summed E-state index contributed by atoms with van der Waals surface area (Å²) in [6.45, 7) is 1.38. The number of nitrogens with zero attached hydrogens (tertiary/aromatic N) is 1. The highest BCUT2D eigenvalue weighted by Gasteiger charge is 2.35. The quantitative estimate of drug-likeness (QED) is 0.344. The molecule has 0 saturated carbocycles. The van der Waals surface area contributed by atoms with Crippen molar-refractivity contribution in [2.75, 3.05) is 0 Å². The molecule has 0 spiro atoms. The molecule has 2 amide bonds. The van der Waals surface area contributed by atoms with Gasteiger partial charge in [-0.2, -0.15) is 0 Å². The first-order valence-corrected chi connectivity index (χ1v) is 12.2. The number of amides is 2. The van der Waals surface area contributed by atoms with Gasteiger partial charge >= 0.3 is 0 Å². The van der Waals surface area contributed by atoms with Crippen LogP contribution in [0.1, 0.15) is 28.7 Å². The van der Waals surface area contributed by atoms with Crippen LogP contribution in [-0.4, -0.2) is 21.4 Å². The lowest BCUT2D eigenvalue weighted by Gasteiger charge is -2.14. The van der Waals surface area contributed by atoms with E-state index < -0.39 is 0 Å². The van der Waals surface area contributed by atoms with E-state index in [0.717, 1.165) is 58.1 Å². The summed E-state index contributed by atoms with van der Waals surface area (Å²) >= 11 is 0. The molecule has 7 rings (SSSR count). The third-order valence-corrected chi connectivity index (χ3v) is 7.20. The standard InChI is InChI=1S/C30H23N3O3/c34-29-26(23-15-31-25-14-20(11-12-21(23)25)36-17-18-6-2-1-3-7-18)27(30(35)32-29)24-16-33-13-5-9-19-8-4-10-22(24)28(19)33/h1-4,6-8,10-12,14-16,31H,5,9,13,17H2,(H,32,34,35). The Bertz CT molecular complexity index is 1720. The minimum atomic E-state index is -0.368. The molecule has 0 aliphatic carbocycles. The molecule has 6 nitrogen and oxygen atoms in total. The molecular formula is C30H23N3O3. The lowest BCUT2D eigenvalue weighted by molar-refractivity contribution is -0.122. The van der Waals surface area contributed by atoms with E-state index in [0.29, 0.717) is 23.3 Å². The van der Waals surface area contributed by atoms with Gasteiger partial charge in [0.05, 0.1) is 16.7 Å².